The van der Waals surface area contributed by atoms with Crippen LogP contribution in [-0.4, -0.2) is 15.9 Å². The lowest BCUT2D eigenvalue weighted by molar-refractivity contribution is 0.898. The van der Waals surface area contributed by atoms with E-state index < -0.39 is 0 Å². The summed E-state index contributed by atoms with van der Waals surface area (Å²) in [7, 11) is 0. The molecule has 0 aliphatic rings. The minimum absolute atomic E-state index is 0.336. The van der Waals surface area contributed by atoms with Gasteiger partial charge in [-0.25, -0.2) is 9.66 Å². The largest absolute Gasteiger partial charge is 0.368 e. The summed E-state index contributed by atoms with van der Waals surface area (Å²) in [5.74, 6) is 0.336. The molecule has 0 bridgehead atoms. The van der Waals surface area contributed by atoms with E-state index in [1.807, 2.05) is 60.8 Å². The van der Waals surface area contributed by atoms with Gasteiger partial charge in [-0.1, -0.05) is 78.3 Å². The molecule has 0 saturated heterocycles. The Bertz CT molecular complexity index is 1070. The second kappa shape index (κ2) is 7.48. The lowest BCUT2D eigenvalue weighted by Crippen LogP contribution is -1.96. The number of anilines is 1. The molecule has 0 aliphatic heterocycles. The van der Waals surface area contributed by atoms with Gasteiger partial charge in [0.15, 0.2) is 0 Å². The van der Waals surface area contributed by atoms with E-state index in [-0.39, 0.29) is 0 Å². The van der Waals surface area contributed by atoms with E-state index in [4.69, 9.17) is 17.3 Å². The Balaban J connectivity index is 1.56. The predicted molar refractivity (Wildman–Crippen MR) is 112 cm³/mol. The molecule has 1 aromatic heterocycles. The van der Waals surface area contributed by atoms with Crippen LogP contribution in [-0.2, 0) is 0 Å². The maximum absolute atomic E-state index is 6.00. The molecule has 0 fully saturated rings. The van der Waals surface area contributed by atoms with E-state index in [9.17, 15) is 0 Å². The summed E-state index contributed by atoms with van der Waals surface area (Å²) in [6.07, 6.45) is 3.54. The lowest BCUT2D eigenvalue weighted by atomic mass is 10.0. The van der Waals surface area contributed by atoms with Gasteiger partial charge in [0.1, 0.15) is 0 Å². The molecule has 2 N–H and O–H groups in total. The number of nitrogens with zero attached hydrogens (tertiary/aromatic N) is 3. The molecule has 27 heavy (non-hydrogen) atoms. The Morgan fingerprint density at radius 1 is 0.815 bits per heavy atom. The summed E-state index contributed by atoms with van der Waals surface area (Å²) in [6.45, 7) is 0. The van der Waals surface area contributed by atoms with Crippen molar-refractivity contribution in [1.82, 2.24) is 9.66 Å². The minimum atomic E-state index is 0.336. The molecule has 0 amide bonds. The summed E-state index contributed by atoms with van der Waals surface area (Å²) < 4.78 is 1.56. The van der Waals surface area contributed by atoms with Crippen molar-refractivity contribution in [3.05, 3.63) is 95.6 Å². The van der Waals surface area contributed by atoms with Crippen LogP contribution in [0.4, 0.5) is 5.95 Å². The first-order valence-corrected chi connectivity index (χ1v) is 8.87. The third-order valence-corrected chi connectivity index (χ3v) is 4.46. The first-order chi connectivity index (χ1) is 13.2. The molecule has 4 nitrogen and oxygen atoms in total. The number of nitrogens with two attached hydrogens (primary N) is 1. The van der Waals surface area contributed by atoms with Crippen LogP contribution in [0.2, 0.25) is 5.02 Å². The van der Waals surface area contributed by atoms with Crippen LogP contribution in [0, 0.1) is 0 Å². The molecular weight excluding hydrogens is 356 g/mol. The third-order valence-electron chi connectivity index (χ3n) is 4.20. The van der Waals surface area contributed by atoms with E-state index >= 15 is 0 Å². The van der Waals surface area contributed by atoms with Gasteiger partial charge in [-0.3, -0.25) is 0 Å². The molecule has 4 aromatic rings. The number of hydrogen-bond acceptors (Lipinski definition) is 3. The maximum Gasteiger partial charge on any atom is 0.221 e. The molecule has 1 heterocycles. The van der Waals surface area contributed by atoms with Crippen molar-refractivity contribution in [2.75, 3.05) is 5.73 Å². The van der Waals surface area contributed by atoms with E-state index in [0.29, 0.717) is 11.0 Å². The zero-order chi connectivity index (χ0) is 18.6. The topological polar surface area (TPSA) is 56.2 Å². The Labute approximate surface area is 162 Å². The van der Waals surface area contributed by atoms with Crippen molar-refractivity contribution in [2.45, 2.75) is 0 Å². The minimum Gasteiger partial charge on any atom is -0.368 e. The van der Waals surface area contributed by atoms with E-state index in [1.54, 1.807) is 10.9 Å². The van der Waals surface area contributed by atoms with E-state index in [1.165, 1.54) is 5.56 Å². The fourth-order valence-electron chi connectivity index (χ4n) is 2.76. The monoisotopic (exact) mass is 372 g/mol. The number of aromatic nitrogens is 2. The van der Waals surface area contributed by atoms with Crippen molar-refractivity contribution in [3.63, 3.8) is 0 Å². The molecular formula is C22H17ClN4. The highest BCUT2D eigenvalue weighted by atomic mass is 35.5. The first kappa shape index (κ1) is 17.1. The highest BCUT2D eigenvalue weighted by molar-refractivity contribution is 6.30. The smallest absolute Gasteiger partial charge is 0.221 e. The van der Waals surface area contributed by atoms with Crippen LogP contribution in [0.25, 0.3) is 22.4 Å². The number of nitrogen functional groups attached to an aromatic ring is 1. The zero-order valence-corrected chi connectivity index (χ0v) is 15.2. The Morgan fingerprint density at radius 3 is 2.15 bits per heavy atom. The van der Waals surface area contributed by atoms with Gasteiger partial charge < -0.3 is 5.73 Å². The number of halogens is 1. The Kier molecular flexibility index (Phi) is 4.73. The summed E-state index contributed by atoms with van der Waals surface area (Å²) in [6, 6.07) is 25.9. The summed E-state index contributed by atoms with van der Waals surface area (Å²) in [5, 5.41) is 5.07. The average Bonchev–Trinajstić information content (AvgIpc) is 3.09. The maximum atomic E-state index is 6.00. The van der Waals surface area contributed by atoms with Gasteiger partial charge in [-0.2, -0.15) is 5.10 Å². The second-order valence-corrected chi connectivity index (χ2v) is 6.50. The molecule has 0 unspecified atom stereocenters. The molecule has 3 aromatic carbocycles. The summed E-state index contributed by atoms with van der Waals surface area (Å²) >= 11 is 5.90. The van der Waals surface area contributed by atoms with Crippen molar-refractivity contribution in [2.24, 2.45) is 5.10 Å². The van der Waals surface area contributed by atoms with Crippen molar-refractivity contribution < 1.29 is 0 Å². The first-order valence-electron chi connectivity index (χ1n) is 8.50. The fourth-order valence-corrected chi connectivity index (χ4v) is 2.88. The SMILES string of the molecule is Nc1nc(-c2ccc(-c3ccccc3)cc2)cn1/N=C\c1ccc(Cl)cc1. The molecule has 0 spiro atoms. The number of hydrogen-bond donors (Lipinski definition) is 1. The quantitative estimate of drug-likeness (QED) is 0.492. The van der Waals surface area contributed by atoms with Crippen LogP contribution in [0.15, 0.2) is 90.2 Å². The molecule has 0 saturated carbocycles. The highest BCUT2D eigenvalue weighted by Gasteiger charge is 2.07. The van der Waals surface area contributed by atoms with E-state index in [2.05, 4.69) is 34.4 Å². The highest BCUT2D eigenvalue weighted by Crippen LogP contribution is 2.25. The predicted octanol–water partition coefficient (Wildman–Crippen LogP) is 5.33. The molecule has 0 radical (unpaired) electrons. The van der Waals surface area contributed by atoms with Gasteiger partial charge in [-0.15, -0.1) is 0 Å². The van der Waals surface area contributed by atoms with Crippen LogP contribution in [0.5, 0.6) is 0 Å². The lowest BCUT2D eigenvalue weighted by Gasteiger charge is -2.02. The molecule has 0 aliphatic carbocycles. The Hall–Kier alpha value is -3.37. The van der Waals surface area contributed by atoms with Crippen molar-refractivity contribution in [3.8, 4) is 22.4 Å². The Morgan fingerprint density at radius 2 is 1.44 bits per heavy atom. The fraction of sp³-hybridized carbons (Fsp3) is 0. The van der Waals surface area contributed by atoms with Crippen molar-refractivity contribution >= 4 is 23.8 Å². The number of benzene rings is 3. The van der Waals surface area contributed by atoms with Gasteiger partial charge in [0.05, 0.1) is 18.1 Å². The number of rotatable bonds is 4. The average molecular weight is 373 g/mol. The van der Waals surface area contributed by atoms with Gasteiger partial charge in [0.25, 0.3) is 0 Å². The molecule has 132 valence electrons. The van der Waals surface area contributed by atoms with Crippen LogP contribution in [0.1, 0.15) is 5.56 Å². The van der Waals surface area contributed by atoms with Gasteiger partial charge in [0.2, 0.25) is 5.95 Å². The van der Waals surface area contributed by atoms with Crippen molar-refractivity contribution in [1.29, 1.82) is 0 Å². The summed E-state index contributed by atoms with van der Waals surface area (Å²) in [5.41, 5.74) is 11.0. The molecule has 5 heteroatoms. The van der Waals surface area contributed by atoms with Gasteiger partial charge in [0, 0.05) is 10.6 Å². The van der Waals surface area contributed by atoms with Crippen LogP contribution in [0.3, 0.4) is 0 Å². The van der Waals surface area contributed by atoms with Gasteiger partial charge in [-0.05, 0) is 28.8 Å². The third kappa shape index (κ3) is 3.91. The zero-order valence-electron chi connectivity index (χ0n) is 14.5. The number of imidazole rings is 1. The molecule has 0 atom stereocenters. The van der Waals surface area contributed by atoms with E-state index in [0.717, 1.165) is 22.4 Å². The van der Waals surface area contributed by atoms with Crippen LogP contribution >= 0.6 is 11.6 Å². The standard InChI is InChI=1S/C22H17ClN4/c23-20-12-6-16(7-13-20)14-25-27-15-21(26-22(27)24)19-10-8-18(9-11-19)17-4-2-1-3-5-17/h1-15H,(H2,24,26)/b25-14-. The second-order valence-electron chi connectivity index (χ2n) is 6.07. The van der Waals surface area contributed by atoms with Crippen LogP contribution < -0.4 is 5.73 Å². The van der Waals surface area contributed by atoms with Gasteiger partial charge >= 0.3 is 0 Å². The molecule has 4 rings (SSSR count). The normalized spacial score (nSPS) is 11.1. The summed E-state index contributed by atoms with van der Waals surface area (Å²) in [4.78, 5) is 4.42.